The smallest absolute Gasteiger partial charge is 0.228 e. The Morgan fingerprint density at radius 1 is 1.23 bits per heavy atom. The zero-order valence-electron chi connectivity index (χ0n) is 11.5. The number of hydrogen-bond acceptors (Lipinski definition) is 7. The highest BCUT2D eigenvalue weighted by Gasteiger charge is 2.45. The molecule has 4 N–H and O–H groups in total. The molecule has 1 aromatic carbocycles. The van der Waals surface area contributed by atoms with Crippen LogP contribution in [0.5, 0.6) is 0 Å². The van der Waals surface area contributed by atoms with Crippen LogP contribution >= 0.6 is 11.6 Å². The van der Waals surface area contributed by atoms with E-state index in [1.165, 1.54) is 0 Å². The third-order valence-corrected chi connectivity index (χ3v) is 4.09. The third kappa shape index (κ3) is 2.60. The van der Waals surface area contributed by atoms with Crippen molar-refractivity contribution in [3.8, 4) is 0 Å². The standard InChI is InChI=1S/C14H16ClNO6/c15-6-2-1-3-7-10(6)8(4-16-7)21-14-13(20)12(19)11(18)9(5-17)22-14/h1-3,9,11-14,17-20H,4-5H2/t9-,11+,12+,13+,14+/m0/s1. The van der Waals surface area contributed by atoms with Crippen LogP contribution in [-0.2, 0) is 9.47 Å². The van der Waals surface area contributed by atoms with Gasteiger partial charge in [0.2, 0.25) is 6.29 Å². The Morgan fingerprint density at radius 2 is 2.00 bits per heavy atom. The lowest BCUT2D eigenvalue weighted by molar-refractivity contribution is -0.284. The largest absolute Gasteiger partial charge is 0.464 e. The average Bonchev–Trinajstić information content (AvgIpc) is 2.92. The summed E-state index contributed by atoms with van der Waals surface area (Å²) in [4.78, 5) is 4.26. The van der Waals surface area contributed by atoms with Gasteiger partial charge in [0.05, 0.1) is 28.8 Å². The first-order valence-electron chi connectivity index (χ1n) is 6.82. The number of hydrogen-bond donors (Lipinski definition) is 4. The Morgan fingerprint density at radius 3 is 2.73 bits per heavy atom. The maximum absolute atomic E-state index is 9.98. The highest BCUT2D eigenvalue weighted by Crippen LogP contribution is 2.24. The van der Waals surface area contributed by atoms with Gasteiger partial charge in [-0.1, -0.05) is 17.7 Å². The van der Waals surface area contributed by atoms with Crippen LogP contribution in [-0.4, -0.2) is 64.3 Å². The summed E-state index contributed by atoms with van der Waals surface area (Å²) < 4.78 is 10.9. The molecule has 2 aliphatic rings. The van der Waals surface area contributed by atoms with E-state index in [4.69, 9.17) is 26.2 Å². The Balaban J connectivity index is 1.89. The van der Waals surface area contributed by atoms with Gasteiger partial charge in [-0.2, -0.15) is 0 Å². The van der Waals surface area contributed by atoms with Gasteiger partial charge in [-0.15, -0.1) is 0 Å². The van der Waals surface area contributed by atoms with Crippen LogP contribution < -0.4 is 10.6 Å². The van der Waals surface area contributed by atoms with E-state index in [0.717, 1.165) is 0 Å². The predicted octanol–water partition coefficient (Wildman–Crippen LogP) is -2.10. The lowest BCUT2D eigenvalue weighted by atomic mass is 9.99. The number of halogens is 1. The minimum atomic E-state index is -1.49. The van der Waals surface area contributed by atoms with Gasteiger partial charge in [0, 0.05) is 0 Å². The minimum absolute atomic E-state index is 0.230. The molecule has 0 aliphatic carbocycles. The zero-order chi connectivity index (χ0) is 15.9. The van der Waals surface area contributed by atoms with Crippen molar-refractivity contribution in [1.82, 2.24) is 0 Å². The van der Waals surface area contributed by atoms with E-state index >= 15 is 0 Å². The quantitative estimate of drug-likeness (QED) is 0.505. The highest BCUT2D eigenvalue weighted by molar-refractivity contribution is 6.30. The lowest BCUT2D eigenvalue weighted by Crippen LogP contribution is -2.59. The Labute approximate surface area is 130 Å². The molecule has 3 rings (SSSR count). The maximum atomic E-state index is 9.98. The fraction of sp³-hybridized carbons (Fsp3) is 0.500. The van der Waals surface area contributed by atoms with Crippen LogP contribution in [0.15, 0.2) is 23.2 Å². The van der Waals surface area contributed by atoms with Crippen LogP contribution in [0.3, 0.4) is 0 Å². The van der Waals surface area contributed by atoms with Gasteiger partial charge in [-0.3, -0.25) is 4.99 Å². The molecule has 2 heterocycles. The first kappa shape index (κ1) is 15.7. The number of aliphatic hydroxyl groups excluding tert-OH is 4. The fourth-order valence-corrected chi connectivity index (χ4v) is 2.83. The second-order valence-electron chi connectivity index (χ2n) is 5.19. The summed E-state index contributed by atoms with van der Waals surface area (Å²) in [6.07, 6.45) is -6.62. The van der Waals surface area contributed by atoms with Crippen molar-refractivity contribution < 1.29 is 29.9 Å². The van der Waals surface area contributed by atoms with Crippen LogP contribution in [0.1, 0.15) is 0 Å². The molecule has 22 heavy (non-hydrogen) atoms. The molecule has 0 amide bonds. The van der Waals surface area contributed by atoms with E-state index in [2.05, 4.69) is 4.99 Å². The third-order valence-electron chi connectivity index (χ3n) is 3.77. The molecule has 7 nitrogen and oxygen atoms in total. The molecule has 0 radical (unpaired) electrons. The van der Waals surface area contributed by atoms with Crippen molar-refractivity contribution in [3.63, 3.8) is 0 Å². The zero-order valence-corrected chi connectivity index (χ0v) is 12.2. The number of nitrogens with zero attached hydrogens (tertiary/aromatic N) is 1. The van der Waals surface area contributed by atoms with Crippen molar-refractivity contribution in [2.45, 2.75) is 30.7 Å². The average molecular weight is 330 g/mol. The highest BCUT2D eigenvalue weighted by atomic mass is 35.5. The summed E-state index contributed by atoms with van der Waals surface area (Å²) >= 11 is 6.13. The summed E-state index contributed by atoms with van der Waals surface area (Å²) in [5, 5.41) is 40.4. The molecular weight excluding hydrogens is 314 g/mol. The van der Waals surface area contributed by atoms with E-state index in [1.807, 2.05) is 0 Å². The minimum Gasteiger partial charge on any atom is -0.464 e. The van der Waals surface area contributed by atoms with Crippen molar-refractivity contribution >= 4 is 17.4 Å². The summed E-state index contributed by atoms with van der Waals surface area (Å²) in [7, 11) is 0. The fourth-order valence-electron chi connectivity index (χ4n) is 2.56. The molecule has 8 heteroatoms. The lowest BCUT2D eigenvalue weighted by Gasteiger charge is -2.39. The van der Waals surface area contributed by atoms with Crippen molar-refractivity contribution in [2.75, 3.05) is 13.2 Å². The van der Waals surface area contributed by atoms with Gasteiger partial charge in [-0.25, -0.2) is 0 Å². The van der Waals surface area contributed by atoms with Crippen molar-refractivity contribution in [1.29, 1.82) is 0 Å². The number of fused-ring (bicyclic) bond motifs is 1. The van der Waals surface area contributed by atoms with E-state index in [-0.39, 0.29) is 6.54 Å². The monoisotopic (exact) mass is 329 g/mol. The molecule has 0 saturated carbocycles. The van der Waals surface area contributed by atoms with Gasteiger partial charge in [-0.05, 0) is 12.1 Å². The Kier molecular flexibility index (Phi) is 4.35. The SMILES string of the molecule is OC[C@@H]1O[C@@H](OC2=c3c(Cl)cccc3=NC2)[C@H](O)[C@H](O)[C@@H]1O. The first-order chi connectivity index (χ1) is 10.5. The second-order valence-corrected chi connectivity index (χ2v) is 5.60. The second kappa shape index (κ2) is 6.11. The summed E-state index contributed by atoms with van der Waals surface area (Å²) in [5.74, 6) is 0.407. The summed E-state index contributed by atoms with van der Waals surface area (Å²) in [6, 6.07) is 5.24. The van der Waals surface area contributed by atoms with Crippen LogP contribution in [0.2, 0.25) is 5.02 Å². The molecule has 1 fully saturated rings. The number of ether oxygens (including phenoxy) is 2. The first-order valence-corrected chi connectivity index (χ1v) is 7.20. The van der Waals surface area contributed by atoms with Crippen LogP contribution in [0.4, 0.5) is 0 Å². The van der Waals surface area contributed by atoms with E-state index in [9.17, 15) is 15.3 Å². The summed E-state index contributed by atoms with van der Waals surface area (Å²) in [6.45, 7) is -0.282. The molecule has 0 unspecified atom stereocenters. The molecule has 0 aromatic heterocycles. The topological polar surface area (TPSA) is 112 Å². The summed E-state index contributed by atoms with van der Waals surface area (Å²) in [5.41, 5.74) is 0. The number of rotatable bonds is 3. The van der Waals surface area contributed by atoms with E-state index in [0.29, 0.717) is 21.4 Å². The van der Waals surface area contributed by atoms with E-state index < -0.39 is 37.3 Å². The van der Waals surface area contributed by atoms with Crippen LogP contribution in [0.25, 0.3) is 5.76 Å². The van der Waals surface area contributed by atoms with Crippen molar-refractivity contribution in [3.05, 3.63) is 33.8 Å². The van der Waals surface area contributed by atoms with Gasteiger partial charge >= 0.3 is 0 Å². The molecule has 1 aromatic rings. The molecule has 120 valence electrons. The molecular formula is C14H16ClNO6. The van der Waals surface area contributed by atoms with Crippen LogP contribution in [0, 0.1) is 0 Å². The molecule has 0 bridgehead atoms. The van der Waals surface area contributed by atoms with Gasteiger partial charge in [0.1, 0.15) is 30.2 Å². The van der Waals surface area contributed by atoms with E-state index in [1.54, 1.807) is 18.2 Å². The maximum Gasteiger partial charge on any atom is 0.228 e. The molecule has 5 atom stereocenters. The molecule has 2 aliphatic heterocycles. The predicted molar refractivity (Wildman–Crippen MR) is 75.4 cm³/mol. The number of aliphatic hydroxyl groups is 4. The Hall–Kier alpha value is -1.22. The molecule has 0 spiro atoms. The normalized spacial score (nSPS) is 34.2. The Bertz CT molecular complexity index is 678. The van der Waals surface area contributed by atoms with Gasteiger partial charge in [0.15, 0.2) is 0 Å². The molecule has 1 saturated heterocycles. The van der Waals surface area contributed by atoms with Gasteiger partial charge in [0.25, 0.3) is 0 Å². The van der Waals surface area contributed by atoms with Gasteiger partial charge < -0.3 is 29.9 Å². The van der Waals surface area contributed by atoms with Crippen molar-refractivity contribution in [2.24, 2.45) is 4.99 Å². The number of benzene rings is 1.